The van der Waals surface area contributed by atoms with Crippen LogP contribution >= 0.6 is 11.6 Å². The van der Waals surface area contributed by atoms with Crippen molar-refractivity contribution >= 4 is 11.6 Å². The van der Waals surface area contributed by atoms with E-state index >= 15 is 0 Å². The van der Waals surface area contributed by atoms with Crippen LogP contribution in [0.4, 0.5) is 4.39 Å². The van der Waals surface area contributed by atoms with Crippen LogP contribution in [0.2, 0.25) is 5.02 Å². The fourth-order valence-electron chi connectivity index (χ4n) is 1.66. The highest BCUT2D eigenvalue weighted by Gasteiger charge is 2.11. The predicted molar refractivity (Wildman–Crippen MR) is 70.5 cm³/mol. The molecule has 0 aliphatic carbocycles. The van der Waals surface area contributed by atoms with Gasteiger partial charge >= 0.3 is 0 Å². The van der Waals surface area contributed by atoms with Crippen LogP contribution in [0.5, 0.6) is 0 Å². The lowest BCUT2D eigenvalue weighted by atomic mass is 9.96. The van der Waals surface area contributed by atoms with Gasteiger partial charge in [0.15, 0.2) is 0 Å². The smallest absolute Gasteiger partial charge is 0.127 e. The van der Waals surface area contributed by atoms with Gasteiger partial charge in [0.25, 0.3) is 0 Å². The topological polar surface area (TPSA) is 38.0 Å². The lowest BCUT2D eigenvalue weighted by Crippen LogP contribution is -2.31. The lowest BCUT2D eigenvalue weighted by Gasteiger charge is -2.19. The number of nitrogens with one attached hydrogen (secondary N) is 1. The Balaban J connectivity index is 2.47. The molecule has 0 spiro atoms. The summed E-state index contributed by atoms with van der Waals surface area (Å²) in [5.41, 5.74) is 6.27. The summed E-state index contributed by atoms with van der Waals surface area (Å²) in [4.78, 5) is 0. The average Bonchev–Trinajstić information content (AvgIpc) is 2.28. The molecule has 4 heteroatoms. The van der Waals surface area contributed by atoms with Gasteiger partial charge in [-0.25, -0.2) is 4.39 Å². The summed E-state index contributed by atoms with van der Waals surface area (Å²) in [5, 5.41) is 3.78. The molecule has 17 heavy (non-hydrogen) atoms. The van der Waals surface area contributed by atoms with Gasteiger partial charge in [0.1, 0.15) is 5.82 Å². The minimum atomic E-state index is -0.226. The van der Waals surface area contributed by atoms with Crippen LogP contribution in [0.15, 0.2) is 18.2 Å². The Morgan fingerprint density at radius 2 is 2.12 bits per heavy atom. The summed E-state index contributed by atoms with van der Waals surface area (Å²) in [5.74, 6) is 0.713. The van der Waals surface area contributed by atoms with Crippen LogP contribution in [0.3, 0.4) is 0 Å². The molecule has 0 bridgehead atoms. The predicted octanol–water partition coefficient (Wildman–Crippen LogP) is 2.80. The second kappa shape index (κ2) is 6.94. The van der Waals surface area contributed by atoms with E-state index in [1.54, 1.807) is 12.1 Å². The highest BCUT2D eigenvalue weighted by Crippen LogP contribution is 2.15. The molecule has 96 valence electrons. The summed E-state index contributed by atoms with van der Waals surface area (Å²) in [7, 11) is 0. The van der Waals surface area contributed by atoms with Crippen molar-refractivity contribution in [3.63, 3.8) is 0 Å². The van der Waals surface area contributed by atoms with Crippen LogP contribution in [0.1, 0.15) is 19.4 Å². The molecule has 1 unspecified atom stereocenters. The monoisotopic (exact) mass is 258 g/mol. The summed E-state index contributed by atoms with van der Waals surface area (Å²) in [6, 6.07) is 4.59. The maximum atomic E-state index is 13.4. The number of hydrogen-bond acceptors (Lipinski definition) is 2. The zero-order chi connectivity index (χ0) is 12.8. The van der Waals surface area contributed by atoms with Crippen molar-refractivity contribution in [1.29, 1.82) is 0 Å². The first-order valence-electron chi connectivity index (χ1n) is 5.89. The Morgan fingerprint density at radius 1 is 1.41 bits per heavy atom. The average molecular weight is 259 g/mol. The van der Waals surface area contributed by atoms with E-state index in [2.05, 4.69) is 19.2 Å². The Morgan fingerprint density at radius 3 is 2.71 bits per heavy atom. The van der Waals surface area contributed by atoms with Gasteiger partial charge in [-0.3, -0.25) is 0 Å². The highest BCUT2D eigenvalue weighted by atomic mass is 35.5. The van der Waals surface area contributed by atoms with Crippen molar-refractivity contribution in [2.45, 2.75) is 20.4 Å². The van der Waals surface area contributed by atoms with Gasteiger partial charge in [0.2, 0.25) is 0 Å². The zero-order valence-corrected chi connectivity index (χ0v) is 11.1. The molecule has 0 amide bonds. The number of benzene rings is 1. The van der Waals surface area contributed by atoms with Gasteiger partial charge in [-0.05, 0) is 43.1 Å². The van der Waals surface area contributed by atoms with E-state index in [0.717, 1.165) is 6.54 Å². The Labute approximate surface area is 107 Å². The van der Waals surface area contributed by atoms with Crippen molar-refractivity contribution < 1.29 is 4.39 Å². The molecule has 0 saturated carbocycles. The summed E-state index contributed by atoms with van der Waals surface area (Å²) < 4.78 is 13.4. The van der Waals surface area contributed by atoms with E-state index < -0.39 is 0 Å². The second-order valence-corrected chi connectivity index (χ2v) is 5.04. The molecule has 0 aliphatic rings. The molecular formula is C13H20ClFN2. The first-order valence-corrected chi connectivity index (χ1v) is 6.27. The molecule has 1 aromatic rings. The normalized spacial score (nSPS) is 13.1. The molecule has 0 heterocycles. The standard InChI is InChI=1S/C13H20ClFN2/c1-9(2)11(6-16)8-17-7-10-5-12(14)3-4-13(10)15/h3-5,9,11,17H,6-8,16H2,1-2H3. The molecule has 0 saturated heterocycles. The molecule has 2 nitrogen and oxygen atoms in total. The second-order valence-electron chi connectivity index (χ2n) is 4.61. The van der Waals surface area contributed by atoms with Gasteiger partial charge in [-0.15, -0.1) is 0 Å². The SMILES string of the molecule is CC(C)C(CN)CNCc1cc(Cl)ccc1F. The van der Waals surface area contributed by atoms with E-state index in [-0.39, 0.29) is 5.82 Å². The van der Waals surface area contributed by atoms with Crippen molar-refractivity contribution in [3.05, 3.63) is 34.6 Å². The fraction of sp³-hybridized carbons (Fsp3) is 0.538. The van der Waals surface area contributed by atoms with Crippen LogP contribution in [-0.2, 0) is 6.54 Å². The van der Waals surface area contributed by atoms with E-state index in [9.17, 15) is 4.39 Å². The fourth-order valence-corrected chi connectivity index (χ4v) is 1.86. The summed E-state index contributed by atoms with van der Waals surface area (Å²) >= 11 is 5.82. The Kier molecular flexibility index (Phi) is 5.89. The van der Waals surface area contributed by atoms with E-state index in [0.29, 0.717) is 35.5 Å². The molecule has 1 aromatic carbocycles. The number of halogens is 2. The lowest BCUT2D eigenvalue weighted by molar-refractivity contribution is 0.369. The third-order valence-electron chi connectivity index (χ3n) is 2.98. The Hall–Kier alpha value is -0.640. The van der Waals surface area contributed by atoms with E-state index in [4.69, 9.17) is 17.3 Å². The third kappa shape index (κ3) is 4.62. The summed E-state index contributed by atoms with van der Waals surface area (Å²) in [6.07, 6.45) is 0. The van der Waals surface area contributed by atoms with E-state index in [1.807, 2.05) is 0 Å². The summed E-state index contributed by atoms with van der Waals surface area (Å²) in [6.45, 7) is 6.19. The molecule has 0 aliphatic heterocycles. The molecular weight excluding hydrogens is 239 g/mol. The Bertz CT molecular complexity index is 355. The molecule has 3 N–H and O–H groups in total. The van der Waals surface area contributed by atoms with Crippen molar-refractivity contribution in [2.24, 2.45) is 17.6 Å². The van der Waals surface area contributed by atoms with Gasteiger partial charge in [0, 0.05) is 17.1 Å². The van der Waals surface area contributed by atoms with Crippen molar-refractivity contribution in [3.8, 4) is 0 Å². The molecule has 0 aromatic heterocycles. The van der Waals surface area contributed by atoms with Crippen molar-refractivity contribution in [1.82, 2.24) is 5.32 Å². The molecule has 0 fully saturated rings. The highest BCUT2D eigenvalue weighted by molar-refractivity contribution is 6.30. The molecule has 0 radical (unpaired) electrons. The molecule has 1 rings (SSSR count). The van der Waals surface area contributed by atoms with Crippen LogP contribution in [-0.4, -0.2) is 13.1 Å². The van der Waals surface area contributed by atoms with Crippen molar-refractivity contribution in [2.75, 3.05) is 13.1 Å². The number of nitrogens with two attached hydrogens (primary N) is 1. The quantitative estimate of drug-likeness (QED) is 0.824. The minimum absolute atomic E-state index is 0.226. The van der Waals surface area contributed by atoms with Gasteiger partial charge < -0.3 is 11.1 Å². The maximum Gasteiger partial charge on any atom is 0.127 e. The van der Waals surface area contributed by atoms with Gasteiger partial charge in [-0.1, -0.05) is 25.4 Å². The third-order valence-corrected chi connectivity index (χ3v) is 3.21. The first kappa shape index (κ1) is 14.4. The van der Waals surface area contributed by atoms with Crippen LogP contribution in [0.25, 0.3) is 0 Å². The largest absolute Gasteiger partial charge is 0.330 e. The molecule has 1 atom stereocenters. The minimum Gasteiger partial charge on any atom is -0.330 e. The van der Waals surface area contributed by atoms with Crippen LogP contribution < -0.4 is 11.1 Å². The maximum absolute atomic E-state index is 13.4. The number of hydrogen-bond donors (Lipinski definition) is 2. The first-order chi connectivity index (χ1) is 8.04. The zero-order valence-electron chi connectivity index (χ0n) is 10.3. The van der Waals surface area contributed by atoms with Crippen LogP contribution in [0, 0.1) is 17.7 Å². The van der Waals surface area contributed by atoms with E-state index in [1.165, 1.54) is 6.07 Å². The number of rotatable bonds is 6. The van der Waals surface area contributed by atoms with Gasteiger partial charge in [0.05, 0.1) is 0 Å². The van der Waals surface area contributed by atoms with Gasteiger partial charge in [-0.2, -0.15) is 0 Å².